The minimum atomic E-state index is 0.168. The van der Waals surface area contributed by atoms with Crippen LogP contribution in [0.25, 0.3) is 0 Å². The first kappa shape index (κ1) is 9.66. The van der Waals surface area contributed by atoms with Crippen LogP contribution in [0.5, 0.6) is 0 Å². The molecule has 76 valence electrons. The lowest BCUT2D eigenvalue weighted by molar-refractivity contribution is 0.606. The average molecular weight is 190 g/mol. The standard InChI is InChI=1S/C12H18N2/c1-2-10-4-8-14-9-11(10)3-5-12(13)6-7-12/h4,8-9H,2-3,5-7,13H2,1H3. The Bertz CT molecular complexity index is 316. The predicted molar refractivity (Wildman–Crippen MR) is 58.1 cm³/mol. The fourth-order valence-corrected chi connectivity index (χ4v) is 1.82. The van der Waals surface area contributed by atoms with Gasteiger partial charge in [-0.05, 0) is 49.3 Å². The van der Waals surface area contributed by atoms with E-state index >= 15 is 0 Å². The second-order valence-electron chi connectivity index (χ2n) is 4.36. The first-order valence-corrected chi connectivity index (χ1v) is 5.44. The Labute approximate surface area is 85.5 Å². The third-order valence-corrected chi connectivity index (χ3v) is 3.17. The van der Waals surface area contributed by atoms with Gasteiger partial charge >= 0.3 is 0 Å². The maximum absolute atomic E-state index is 6.07. The van der Waals surface area contributed by atoms with Gasteiger partial charge in [-0.3, -0.25) is 4.98 Å². The van der Waals surface area contributed by atoms with Crippen LogP contribution in [0.4, 0.5) is 0 Å². The van der Waals surface area contributed by atoms with Crippen LogP contribution in [-0.4, -0.2) is 10.5 Å². The topological polar surface area (TPSA) is 38.9 Å². The molecule has 2 rings (SSSR count). The molecule has 2 heteroatoms. The lowest BCUT2D eigenvalue weighted by Crippen LogP contribution is -2.22. The maximum atomic E-state index is 6.07. The van der Waals surface area contributed by atoms with Crippen molar-refractivity contribution >= 4 is 0 Å². The van der Waals surface area contributed by atoms with Crippen molar-refractivity contribution in [2.75, 3.05) is 0 Å². The number of rotatable bonds is 4. The zero-order valence-electron chi connectivity index (χ0n) is 8.79. The van der Waals surface area contributed by atoms with Gasteiger partial charge < -0.3 is 5.73 Å². The van der Waals surface area contributed by atoms with Crippen LogP contribution >= 0.6 is 0 Å². The molecule has 0 amide bonds. The summed E-state index contributed by atoms with van der Waals surface area (Å²) in [6, 6.07) is 2.12. The zero-order chi connectivity index (χ0) is 10.0. The van der Waals surface area contributed by atoms with E-state index in [1.54, 1.807) is 0 Å². The fraction of sp³-hybridized carbons (Fsp3) is 0.583. The molecule has 1 aliphatic rings. The van der Waals surface area contributed by atoms with Crippen molar-refractivity contribution in [3.63, 3.8) is 0 Å². The first-order valence-electron chi connectivity index (χ1n) is 5.44. The summed E-state index contributed by atoms with van der Waals surface area (Å²) in [7, 11) is 0. The van der Waals surface area contributed by atoms with Gasteiger partial charge in [0.15, 0.2) is 0 Å². The molecule has 0 unspecified atom stereocenters. The van der Waals surface area contributed by atoms with Gasteiger partial charge in [0.25, 0.3) is 0 Å². The maximum Gasteiger partial charge on any atom is 0.0302 e. The Morgan fingerprint density at radius 2 is 2.21 bits per heavy atom. The highest BCUT2D eigenvalue weighted by Gasteiger charge is 2.37. The van der Waals surface area contributed by atoms with E-state index in [-0.39, 0.29) is 5.54 Å². The highest BCUT2D eigenvalue weighted by atomic mass is 14.8. The predicted octanol–water partition coefficient (Wildman–Crippen LogP) is 2.07. The molecule has 0 saturated heterocycles. The quantitative estimate of drug-likeness (QED) is 0.789. The molecular weight excluding hydrogens is 172 g/mol. The zero-order valence-corrected chi connectivity index (χ0v) is 8.79. The third kappa shape index (κ3) is 2.13. The fourth-order valence-electron chi connectivity index (χ4n) is 1.82. The van der Waals surface area contributed by atoms with Crippen molar-refractivity contribution in [3.05, 3.63) is 29.6 Å². The van der Waals surface area contributed by atoms with Crippen LogP contribution < -0.4 is 5.73 Å². The second-order valence-corrected chi connectivity index (χ2v) is 4.36. The van der Waals surface area contributed by atoms with E-state index in [9.17, 15) is 0 Å². The molecule has 0 spiro atoms. The van der Waals surface area contributed by atoms with Crippen molar-refractivity contribution in [1.29, 1.82) is 0 Å². The Hall–Kier alpha value is -0.890. The monoisotopic (exact) mass is 190 g/mol. The van der Waals surface area contributed by atoms with E-state index in [2.05, 4.69) is 18.0 Å². The first-order chi connectivity index (χ1) is 6.73. The Morgan fingerprint density at radius 1 is 1.43 bits per heavy atom. The van der Waals surface area contributed by atoms with Crippen LogP contribution in [0.1, 0.15) is 37.3 Å². The smallest absolute Gasteiger partial charge is 0.0302 e. The van der Waals surface area contributed by atoms with Gasteiger partial charge in [-0.15, -0.1) is 0 Å². The van der Waals surface area contributed by atoms with Gasteiger partial charge in [0.05, 0.1) is 0 Å². The molecular formula is C12H18N2. The largest absolute Gasteiger partial charge is 0.325 e. The minimum absolute atomic E-state index is 0.168. The normalized spacial score (nSPS) is 18.1. The van der Waals surface area contributed by atoms with Gasteiger partial charge in [-0.1, -0.05) is 6.92 Å². The summed E-state index contributed by atoms with van der Waals surface area (Å²) in [4.78, 5) is 4.17. The van der Waals surface area contributed by atoms with Gasteiger partial charge in [0.1, 0.15) is 0 Å². The lowest BCUT2D eigenvalue weighted by Gasteiger charge is -2.10. The molecule has 2 N–H and O–H groups in total. The molecule has 1 fully saturated rings. The number of hydrogen-bond acceptors (Lipinski definition) is 2. The third-order valence-electron chi connectivity index (χ3n) is 3.17. The van der Waals surface area contributed by atoms with Crippen LogP contribution in [0.2, 0.25) is 0 Å². The van der Waals surface area contributed by atoms with Crippen molar-refractivity contribution in [3.8, 4) is 0 Å². The van der Waals surface area contributed by atoms with Crippen LogP contribution in [0.3, 0.4) is 0 Å². The highest BCUT2D eigenvalue weighted by molar-refractivity contribution is 5.24. The molecule has 1 aromatic heterocycles. The summed E-state index contributed by atoms with van der Waals surface area (Å²) >= 11 is 0. The molecule has 1 aromatic rings. The van der Waals surface area contributed by atoms with Gasteiger partial charge in [-0.2, -0.15) is 0 Å². The number of hydrogen-bond donors (Lipinski definition) is 1. The highest BCUT2D eigenvalue weighted by Crippen LogP contribution is 2.36. The molecule has 1 saturated carbocycles. The Kier molecular flexibility index (Phi) is 2.55. The van der Waals surface area contributed by atoms with Crippen molar-refractivity contribution in [2.45, 2.75) is 44.6 Å². The number of nitrogens with zero attached hydrogens (tertiary/aromatic N) is 1. The van der Waals surface area contributed by atoms with Gasteiger partial charge in [0.2, 0.25) is 0 Å². The average Bonchev–Trinajstić information content (AvgIpc) is 2.95. The van der Waals surface area contributed by atoms with Crippen LogP contribution in [0.15, 0.2) is 18.5 Å². The van der Waals surface area contributed by atoms with Gasteiger partial charge in [0, 0.05) is 17.9 Å². The summed E-state index contributed by atoms with van der Waals surface area (Å²) in [6.07, 6.45) is 9.57. The molecule has 2 nitrogen and oxygen atoms in total. The molecule has 1 heterocycles. The number of nitrogens with two attached hydrogens (primary N) is 1. The van der Waals surface area contributed by atoms with E-state index < -0.39 is 0 Å². The van der Waals surface area contributed by atoms with Crippen molar-refractivity contribution < 1.29 is 0 Å². The van der Waals surface area contributed by atoms with Crippen LogP contribution in [0, 0.1) is 0 Å². The molecule has 0 atom stereocenters. The number of pyridine rings is 1. The summed E-state index contributed by atoms with van der Waals surface area (Å²) in [5, 5.41) is 0. The van der Waals surface area contributed by atoms with Gasteiger partial charge in [-0.25, -0.2) is 0 Å². The summed E-state index contributed by atoms with van der Waals surface area (Å²) < 4.78 is 0. The van der Waals surface area contributed by atoms with E-state index in [0.717, 1.165) is 19.3 Å². The second kappa shape index (κ2) is 3.70. The van der Waals surface area contributed by atoms with Crippen molar-refractivity contribution in [1.82, 2.24) is 4.98 Å². The Morgan fingerprint density at radius 3 is 2.86 bits per heavy atom. The summed E-state index contributed by atoms with van der Waals surface area (Å²) in [6.45, 7) is 2.19. The van der Waals surface area contributed by atoms with Crippen LogP contribution in [-0.2, 0) is 12.8 Å². The Balaban J connectivity index is 2.00. The van der Waals surface area contributed by atoms with E-state index in [0.29, 0.717) is 0 Å². The molecule has 0 bridgehead atoms. The van der Waals surface area contributed by atoms with Crippen molar-refractivity contribution in [2.24, 2.45) is 5.73 Å². The number of aryl methyl sites for hydroxylation is 2. The molecule has 14 heavy (non-hydrogen) atoms. The molecule has 1 aliphatic carbocycles. The van der Waals surface area contributed by atoms with E-state index in [1.165, 1.54) is 24.0 Å². The summed E-state index contributed by atoms with van der Waals surface area (Å²) in [5.74, 6) is 0. The SMILES string of the molecule is CCc1ccncc1CCC1(N)CC1. The lowest BCUT2D eigenvalue weighted by atomic mass is 10.0. The molecule has 0 radical (unpaired) electrons. The minimum Gasteiger partial charge on any atom is -0.325 e. The molecule has 0 aromatic carbocycles. The summed E-state index contributed by atoms with van der Waals surface area (Å²) in [5.41, 5.74) is 9.03. The number of aromatic nitrogens is 1. The van der Waals surface area contributed by atoms with E-state index in [4.69, 9.17) is 5.73 Å². The van der Waals surface area contributed by atoms with E-state index in [1.807, 2.05) is 12.4 Å². The molecule has 0 aliphatic heterocycles.